The van der Waals surface area contributed by atoms with Crippen LogP contribution in [-0.4, -0.2) is 31.1 Å². The molecule has 0 aliphatic carbocycles. The first-order valence-corrected chi connectivity index (χ1v) is 9.08. The molecule has 3 heteroatoms. The molecule has 1 N–H and O–H groups in total. The van der Waals surface area contributed by atoms with Crippen LogP contribution >= 0.6 is 0 Å². The molecule has 128 valence electrons. The van der Waals surface area contributed by atoms with Gasteiger partial charge < -0.3 is 10.1 Å². The van der Waals surface area contributed by atoms with Crippen LogP contribution in [0.15, 0.2) is 54.6 Å². The lowest BCUT2D eigenvalue weighted by Gasteiger charge is -2.30. The fourth-order valence-corrected chi connectivity index (χ4v) is 3.41. The minimum absolute atomic E-state index is 0.507. The first-order chi connectivity index (χ1) is 11.9. The predicted octanol–water partition coefficient (Wildman–Crippen LogP) is 4.01. The van der Waals surface area contributed by atoms with Crippen molar-refractivity contribution in [1.82, 2.24) is 10.2 Å². The maximum Gasteiger partial charge on any atom is 0.119 e. The minimum Gasteiger partial charge on any atom is -0.489 e. The average molecular weight is 324 g/mol. The van der Waals surface area contributed by atoms with Crippen LogP contribution in [0.3, 0.4) is 0 Å². The molecule has 2 aromatic carbocycles. The van der Waals surface area contributed by atoms with E-state index in [1.807, 2.05) is 18.2 Å². The van der Waals surface area contributed by atoms with Crippen molar-refractivity contribution in [1.29, 1.82) is 0 Å². The van der Waals surface area contributed by atoms with Crippen molar-refractivity contribution in [2.75, 3.05) is 26.2 Å². The summed E-state index contributed by atoms with van der Waals surface area (Å²) in [6.45, 7) is 7.44. The van der Waals surface area contributed by atoms with Crippen molar-refractivity contribution >= 4 is 0 Å². The van der Waals surface area contributed by atoms with Gasteiger partial charge >= 0.3 is 0 Å². The normalized spacial score (nSPS) is 17.2. The number of hydrogen-bond donors (Lipinski definition) is 1. The van der Waals surface area contributed by atoms with Crippen molar-refractivity contribution in [3.63, 3.8) is 0 Å². The van der Waals surface area contributed by atoms with Crippen molar-refractivity contribution in [3.05, 3.63) is 65.7 Å². The van der Waals surface area contributed by atoms with Gasteiger partial charge in [-0.2, -0.15) is 0 Å². The molecule has 1 fully saturated rings. The summed E-state index contributed by atoms with van der Waals surface area (Å²) >= 11 is 0. The molecule has 0 aromatic heterocycles. The van der Waals surface area contributed by atoms with E-state index in [2.05, 4.69) is 53.5 Å². The van der Waals surface area contributed by atoms with E-state index in [-0.39, 0.29) is 0 Å². The molecule has 0 bridgehead atoms. The SMILES string of the molecule is CCC(c1ccc(OCc2ccccc2)cc1)N1CCCNCC1. The third-order valence-corrected chi connectivity index (χ3v) is 4.72. The van der Waals surface area contributed by atoms with Gasteiger partial charge in [-0.3, -0.25) is 4.90 Å². The maximum absolute atomic E-state index is 5.90. The lowest BCUT2D eigenvalue weighted by molar-refractivity contribution is 0.205. The molecule has 0 amide bonds. The van der Waals surface area contributed by atoms with Crippen LogP contribution in [0.2, 0.25) is 0 Å². The molecular formula is C21H28N2O. The Morgan fingerprint density at radius 3 is 2.54 bits per heavy atom. The van der Waals surface area contributed by atoms with Gasteiger partial charge in [0.25, 0.3) is 0 Å². The second-order valence-electron chi connectivity index (χ2n) is 6.41. The van der Waals surface area contributed by atoms with Crippen LogP contribution in [0.25, 0.3) is 0 Å². The van der Waals surface area contributed by atoms with E-state index in [9.17, 15) is 0 Å². The zero-order valence-corrected chi connectivity index (χ0v) is 14.6. The zero-order valence-electron chi connectivity index (χ0n) is 14.6. The molecule has 2 aromatic rings. The number of nitrogens with one attached hydrogen (secondary N) is 1. The third kappa shape index (κ3) is 4.59. The molecule has 0 spiro atoms. The van der Waals surface area contributed by atoms with Crippen LogP contribution in [0.1, 0.15) is 36.9 Å². The molecule has 0 radical (unpaired) electrons. The first-order valence-electron chi connectivity index (χ1n) is 9.08. The lowest BCUT2D eigenvalue weighted by Crippen LogP contribution is -2.32. The van der Waals surface area contributed by atoms with E-state index in [0.29, 0.717) is 12.6 Å². The monoisotopic (exact) mass is 324 g/mol. The number of nitrogens with zero attached hydrogens (tertiary/aromatic N) is 1. The van der Waals surface area contributed by atoms with Gasteiger partial charge in [0, 0.05) is 25.7 Å². The summed E-state index contributed by atoms with van der Waals surface area (Å²) in [7, 11) is 0. The van der Waals surface area contributed by atoms with Gasteiger partial charge in [0.2, 0.25) is 0 Å². The van der Waals surface area contributed by atoms with Gasteiger partial charge in [-0.25, -0.2) is 0 Å². The summed E-state index contributed by atoms with van der Waals surface area (Å²) in [5, 5.41) is 3.49. The summed E-state index contributed by atoms with van der Waals surface area (Å²) in [5.74, 6) is 0.940. The van der Waals surface area contributed by atoms with Crippen molar-refractivity contribution in [2.45, 2.75) is 32.4 Å². The van der Waals surface area contributed by atoms with Gasteiger partial charge in [-0.1, -0.05) is 49.4 Å². The van der Waals surface area contributed by atoms with Gasteiger partial charge in [0.05, 0.1) is 0 Å². The number of rotatable bonds is 6. The third-order valence-electron chi connectivity index (χ3n) is 4.72. The first kappa shape index (κ1) is 17.0. The molecule has 1 atom stereocenters. The van der Waals surface area contributed by atoms with Gasteiger partial charge in [0.15, 0.2) is 0 Å². The highest BCUT2D eigenvalue weighted by Gasteiger charge is 2.19. The van der Waals surface area contributed by atoms with E-state index < -0.39 is 0 Å². The lowest BCUT2D eigenvalue weighted by atomic mass is 10.0. The Kier molecular flexibility index (Phi) is 6.27. The number of hydrogen-bond acceptors (Lipinski definition) is 3. The molecular weight excluding hydrogens is 296 g/mol. The summed E-state index contributed by atoms with van der Waals surface area (Å²) in [4.78, 5) is 2.61. The molecule has 0 saturated carbocycles. The zero-order chi connectivity index (χ0) is 16.6. The largest absolute Gasteiger partial charge is 0.489 e. The Bertz CT molecular complexity index is 589. The molecule has 1 saturated heterocycles. The van der Waals surface area contributed by atoms with Crippen LogP contribution < -0.4 is 10.1 Å². The average Bonchev–Trinajstić information content (AvgIpc) is 2.92. The Labute approximate surface area is 145 Å². The Morgan fingerprint density at radius 2 is 1.79 bits per heavy atom. The highest BCUT2D eigenvalue weighted by atomic mass is 16.5. The van der Waals surface area contributed by atoms with Crippen molar-refractivity contribution in [2.24, 2.45) is 0 Å². The fraction of sp³-hybridized carbons (Fsp3) is 0.429. The second-order valence-corrected chi connectivity index (χ2v) is 6.41. The van der Waals surface area contributed by atoms with E-state index in [4.69, 9.17) is 4.74 Å². The van der Waals surface area contributed by atoms with Crippen LogP contribution in [0.4, 0.5) is 0 Å². The van der Waals surface area contributed by atoms with E-state index in [0.717, 1.165) is 31.8 Å². The number of ether oxygens (including phenoxy) is 1. The van der Waals surface area contributed by atoms with Gasteiger partial charge in [-0.15, -0.1) is 0 Å². The quantitative estimate of drug-likeness (QED) is 0.869. The van der Waals surface area contributed by atoms with E-state index in [1.165, 1.54) is 24.1 Å². The summed E-state index contributed by atoms with van der Waals surface area (Å²) in [5.41, 5.74) is 2.59. The molecule has 3 rings (SSSR count). The predicted molar refractivity (Wildman–Crippen MR) is 99.3 cm³/mol. The summed E-state index contributed by atoms with van der Waals surface area (Å²) in [6, 6.07) is 19.5. The highest BCUT2D eigenvalue weighted by Crippen LogP contribution is 2.26. The van der Waals surface area contributed by atoms with E-state index >= 15 is 0 Å². The Hall–Kier alpha value is -1.84. The van der Waals surface area contributed by atoms with Crippen molar-refractivity contribution < 1.29 is 4.74 Å². The molecule has 1 aliphatic rings. The Morgan fingerprint density at radius 1 is 1.00 bits per heavy atom. The second kappa shape index (κ2) is 8.86. The molecule has 1 aliphatic heterocycles. The minimum atomic E-state index is 0.507. The van der Waals surface area contributed by atoms with Crippen molar-refractivity contribution in [3.8, 4) is 5.75 Å². The van der Waals surface area contributed by atoms with E-state index in [1.54, 1.807) is 0 Å². The number of benzene rings is 2. The van der Waals surface area contributed by atoms with Gasteiger partial charge in [-0.05, 0) is 42.6 Å². The molecule has 3 nitrogen and oxygen atoms in total. The smallest absolute Gasteiger partial charge is 0.119 e. The molecule has 1 unspecified atom stereocenters. The fourth-order valence-electron chi connectivity index (χ4n) is 3.41. The van der Waals surface area contributed by atoms with Crippen LogP contribution in [-0.2, 0) is 6.61 Å². The summed E-state index contributed by atoms with van der Waals surface area (Å²) < 4.78 is 5.90. The molecule has 1 heterocycles. The topological polar surface area (TPSA) is 24.5 Å². The molecule has 24 heavy (non-hydrogen) atoms. The van der Waals surface area contributed by atoms with Crippen LogP contribution in [0.5, 0.6) is 5.75 Å². The standard InChI is InChI=1S/C21H28N2O/c1-2-21(23-15-6-13-22-14-16-23)19-9-11-20(12-10-19)24-17-18-7-4-3-5-8-18/h3-5,7-12,21-22H,2,6,13-17H2,1H3. The Balaban J connectivity index is 1.61. The maximum atomic E-state index is 5.90. The summed E-state index contributed by atoms with van der Waals surface area (Å²) in [6.07, 6.45) is 2.37. The van der Waals surface area contributed by atoms with Gasteiger partial charge in [0.1, 0.15) is 12.4 Å². The highest BCUT2D eigenvalue weighted by molar-refractivity contribution is 5.29. The van der Waals surface area contributed by atoms with Crippen LogP contribution in [0, 0.1) is 0 Å².